The lowest BCUT2D eigenvalue weighted by Gasteiger charge is -2.10. The highest BCUT2D eigenvalue weighted by molar-refractivity contribution is 8.18. The first-order chi connectivity index (χ1) is 13.0. The number of imide groups is 3. The number of thioether (sulfide) groups is 1. The van der Waals surface area contributed by atoms with Gasteiger partial charge in [0.25, 0.3) is 11.8 Å². The maximum atomic E-state index is 12.7. The van der Waals surface area contributed by atoms with Crippen LogP contribution in [0, 0.1) is 6.92 Å². The lowest BCUT2D eigenvalue weighted by Crippen LogP contribution is -2.34. The van der Waals surface area contributed by atoms with E-state index >= 15 is 0 Å². The molecule has 1 heterocycles. The lowest BCUT2D eigenvalue weighted by atomic mass is 10.0. The molecule has 0 unspecified atom stereocenters. The van der Waals surface area contributed by atoms with Crippen LogP contribution >= 0.6 is 11.8 Å². The largest absolute Gasteiger partial charge is 0.300 e. The monoisotopic (exact) mass is 373 g/mol. The number of carbonyl (C=O) groups is 3. The van der Waals surface area contributed by atoms with Gasteiger partial charge in [0.1, 0.15) is 0 Å². The molecule has 4 rings (SSSR count). The van der Waals surface area contributed by atoms with Crippen LogP contribution in [0.1, 0.15) is 21.5 Å². The molecule has 0 spiro atoms. The number of nitrogens with zero attached hydrogens (tertiary/aromatic N) is 1. The topological polar surface area (TPSA) is 54.5 Å². The van der Waals surface area contributed by atoms with E-state index in [-0.39, 0.29) is 4.91 Å². The Hall–Kier alpha value is -3.18. The number of hydrogen-bond donors (Lipinski definition) is 0. The molecule has 3 amide bonds. The Morgan fingerprint density at radius 3 is 2.41 bits per heavy atom. The van der Waals surface area contributed by atoms with Crippen molar-refractivity contribution in [2.75, 3.05) is 0 Å². The van der Waals surface area contributed by atoms with Crippen molar-refractivity contribution in [1.29, 1.82) is 0 Å². The van der Waals surface area contributed by atoms with Gasteiger partial charge in [0.05, 0.1) is 4.91 Å². The van der Waals surface area contributed by atoms with Gasteiger partial charge in [-0.15, -0.1) is 0 Å². The number of carbonyl (C=O) groups excluding carboxylic acids is 3. The Labute approximate surface area is 160 Å². The molecule has 1 aliphatic rings. The van der Waals surface area contributed by atoms with Gasteiger partial charge in [0, 0.05) is 5.56 Å². The fourth-order valence-corrected chi connectivity index (χ4v) is 3.80. The first-order valence-electron chi connectivity index (χ1n) is 8.41. The van der Waals surface area contributed by atoms with Crippen molar-refractivity contribution in [2.45, 2.75) is 6.92 Å². The summed E-state index contributed by atoms with van der Waals surface area (Å²) in [5, 5.41) is 1.45. The average molecular weight is 373 g/mol. The van der Waals surface area contributed by atoms with Crippen LogP contribution in [0.3, 0.4) is 0 Å². The van der Waals surface area contributed by atoms with Gasteiger partial charge in [0.15, 0.2) is 0 Å². The molecule has 0 bridgehead atoms. The predicted octanol–water partition coefficient (Wildman–Crippen LogP) is 5.02. The SMILES string of the molecule is Cc1ccc(C(=O)N2C(=O)S/C(=C\c3cccc4ccccc34)C2=O)cc1. The van der Waals surface area contributed by atoms with E-state index in [2.05, 4.69) is 0 Å². The lowest BCUT2D eigenvalue weighted by molar-refractivity contribution is -0.120. The minimum absolute atomic E-state index is 0.247. The standard InChI is InChI=1S/C22H15NO3S/c1-14-9-11-16(12-10-14)20(24)23-21(25)19(27-22(23)26)13-17-7-4-6-15-5-2-3-8-18(15)17/h2-13H,1H3/b19-13-. The number of benzene rings is 3. The normalized spacial score (nSPS) is 15.7. The first-order valence-corrected chi connectivity index (χ1v) is 9.23. The summed E-state index contributed by atoms with van der Waals surface area (Å²) in [6.45, 7) is 1.90. The molecule has 1 saturated heterocycles. The zero-order valence-electron chi connectivity index (χ0n) is 14.5. The summed E-state index contributed by atoms with van der Waals surface area (Å²) in [4.78, 5) is 38.7. The third-order valence-electron chi connectivity index (χ3n) is 4.41. The molecule has 0 aromatic heterocycles. The Kier molecular flexibility index (Phi) is 4.38. The molecule has 0 atom stereocenters. The van der Waals surface area contributed by atoms with E-state index in [0.29, 0.717) is 10.5 Å². The van der Waals surface area contributed by atoms with Crippen molar-refractivity contribution < 1.29 is 14.4 Å². The Bertz CT molecular complexity index is 1110. The van der Waals surface area contributed by atoms with E-state index in [1.807, 2.05) is 49.4 Å². The van der Waals surface area contributed by atoms with Gasteiger partial charge in [-0.3, -0.25) is 14.4 Å². The second-order valence-electron chi connectivity index (χ2n) is 6.26. The van der Waals surface area contributed by atoms with E-state index in [1.54, 1.807) is 30.3 Å². The molecule has 0 radical (unpaired) electrons. The van der Waals surface area contributed by atoms with Crippen LogP contribution in [0.5, 0.6) is 0 Å². The zero-order chi connectivity index (χ0) is 19.0. The zero-order valence-corrected chi connectivity index (χ0v) is 15.3. The maximum Gasteiger partial charge on any atom is 0.300 e. The molecule has 132 valence electrons. The smallest absolute Gasteiger partial charge is 0.268 e. The Morgan fingerprint density at radius 2 is 1.63 bits per heavy atom. The molecule has 0 saturated carbocycles. The minimum atomic E-state index is -0.598. The molecular weight excluding hydrogens is 358 g/mol. The quantitative estimate of drug-likeness (QED) is 0.467. The van der Waals surface area contributed by atoms with Gasteiger partial charge in [0.2, 0.25) is 0 Å². The van der Waals surface area contributed by atoms with Gasteiger partial charge in [-0.2, -0.15) is 0 Å². The van der Waals surface area contributed by atoms with E-state index in [0.717, 1.165) is 33.7 Å². The molecule has 3 aromatic rings. The van der Waals surface area contributed by atoms with E-state index in [4.69, 9.17) is 0 Å². The summed E-state index contributed by atoms with van der Waals surface area (Å²) in [7, 11) is 0. The van der Waals surface area contributed by atoms with Crippen molar-refractivity contribution in [2.24, 2.45) is 0 Å². The highest BCUT2D eigenvalue weighted by atomic mass is 32.2. The van der Waals surface area contributed by atoms with E-state index in [1.165, 1.54) is 0 Å². The molecule has 4 nitrogen and oxygen atoms in total. The fourth-order valence-electron chi connectivity index (χ4n) is 2.99. The minimum Gasteiger partial charge on any atom is -0.268 e. The van der Waals surface area contributed by atoms with E-state index < -0.39 is 17.1 Å². The third-order valence-corrected chi connectivity index (χ3v) is 5.27. The number of fused-ring (bicyclic) bond motifs is 1. The summed E-state index contributed by atoms with van der Waals surface area (Å²) < 4.78 is 0. The molecule has 0 aliphatic carbocycles. The number of amides is 3. The van der Waals surface area contributed by atoms with Crippen LogP contribution in [-0.4, -0.2) is 22.0 Å². The molecule has 0 N–H and O–H groups in total. The van der Waals surface area contributed by atoms with Gasteiger partial charge in [-0.05, 0) is 53.2 Å². The molecular formula is C22H15NO3S. The van der Waals surface area contributed by atoms with Crippen LogP contribution < -0.4 is 0 Å². The predicted molar refractivity (Wildman–Crippen MR) is 107 cm³/mol. The number of aryl methyl sites for hydroxylation is 1. The first kappa shape index (κ1) is 17.2. The van der Waals surface area contributed by atoms with Gasteiger partial charge in [-0.25, -0.2) is 4.90 Å². The summed E-state index contributed by atoms with van der Waals surface area (Å²) in [5.41, 5.74) is 2.15. The number of rotatable bonds is 2. The second-order valence-corrected chi connectivity index (χ2v) is 7.25. The Balaban J connectivity index is 1.69. The van der Waals surface area contributed by atoms with Crippen molar-refractivity contribution >= 4 is 45.7 Å². The highest BCUT2D eigenvalue weighted by Gasteiger charge is 2.40. The van der Waals surface area contributed by atoms with Crippen molar-refractivity contribution in [1.82, 2.24) is 4.90 Å². The van der Waals surface area contributed by atoms with Gasteiger partial charge >= 0.3 is 5.24 Å². The van der Waals surface area contributed by atoms with Crippen molar-refractivity contribution in [3.8, 4) is 0 Å². The summed E-state index contributed by atoms with van der Waals surface area (Å²) in [6.07, 6.45) is 1.68. The van der Waals surface area contributed by atoms with Crippen LogP contribution in [0.4, 0.5) is 4.79 Å². The van der Waals surface area contributed by atoms with Gasteiger partial charge in [-0.1, -0.05) is 60.2 Å². The van der Waals surface area contributed by atoms with Crippen LogP contribution in [0.15, 0.2) is 71.6 Å². The number of hydrogen-bond acceptors (Lipinski definition) is 4. The van der Waals surface area contributed by atoms with Crippen molar-refractivity contribution in [3.63, 3.8) is 0 Å². The molecule has 5 heteroatoms. The molecule has 1 fully saturated rings. The summed E-state index contributed by atoms with van der Waals surface area (Å²) in [6, 6.07) is 20.4. The molecule has 1 aliphatic heterocycles. The average Bonchev–Trinajstić information content (AvgIpc) is 2.95. The Morgan fingerprint density at radius 1 is 0.926 bits per heavy atom. The van der Waals surface area contributed by atoms with Crippen LogP contribution in [0.25, 0.3) is 16.8 Å². The summed E-state index contributed by atoms with van der Waals surface area (Å²) >= 11 is 0.789. The molecule has 3 aromatic carbocycles. The van der Waals surface area contributed by atoms with Gasteiger partial charge < -0.3 is 0 Å². The molecule has 27 heavy (non-hydrogen) atoms. The van der Waals surface area contributed by atoms with Crippen molar-refractivity contribution in [3.05, 3.63) is 88.3 Å². The fraction of sp³-hybridized carbons (Fsp3) is 0.0455. The van der Waals surface area contributed by atoms with E-state index in [9.17, 15) is 14.4 Å². The second kappa shape index (κ2) is 6.85. The third kappa shape index (κ3) is 3.17. The van der Waals surface area contributed by atoms with Crippen LogP contribution in [-0.2, 0) is 4.79 Å². The van der Waals surface area contributed by atoms with Crippen LogP contribution in [0.2, 0.25) is 0 Å². The summed E-state index contributed by atoms with van der Waals surface area (Å²) in [5.74, 6) is -1.18. The maximum absolute atomic E-state index is 12.7. The highest BCUT2D eigenvalue weighted by Crippen LogP contribution is 2.34.